The second-order valence-corrected chi connectivity index (χ2v) is 4.49. The van der Waals surface area contributed by atoms with Gasteiger partial charge in [0.25, 0.3) is 5.91 Å². The van der Waals surface area contributed by atoms with Crippen LogP contribution in [0.4, 0.5) is 0 Å². The molecule has 0 spiro atoms. The number of nitrogens with one attached hydrogen (secondary N) is 3. The summed E-state index contributed by atoms with van der Waals surface area (Å²) in [5.41, 5.74) is 1.52. The molecule has 8 heteroatoms. The number of pyridine rings is 1. The maximum Gasteiger partial charge on any atom is 0.270 e. The van der Waals surface area contributed by atoms with E-state index in [2.05, 4.69) is 27.0 Å². The fourth-order valence-electron chi connectivity index (χ4n) is 1.85. The molecule has 0 aromatic carbocycles. The standard InChI is InChI=1S/C14H18N4O2.2ClH/c19-13(17-9-11-4-7-15-8-5-11)10-18-14(20)12-3-1-2-6-16-12;;/h1-4,6,15H,5,7-10H2,(H,17,19)(H,18,20);2*1H. The highest BCUT2D eigenvalue weighted by Crippen LogP contribution is 2.01. The lowest BCUT2D eigenvalue weighted by atomic mass is 10.1. The molecular weight excluding hydrogens is 327 g/mol. The molecule has 2 heterocycles. The fraction of sp³-hybridized carbons (Fsp3) is 0.357. The van der Waals surface area contributed by atoms with E-state index in [0.29, 0.717) is 12.2 Å². The molecule has 0 saturated carbocycles. The average molecular weight is 347 g/mol. The summed E-state index contributed by atoms with van der Waals surface area (Å²) in [4.78, 5) is 27.2. The van der Waals surface area contributed by atoms with Gasteiger partial charge in [0.05, 0.1) is 6.54 Å². The maximum absolute atomic E-state index is 11.7. The van der Waals surface area contributed by atoms with Crippen LogP contribution in [0.15, 0.2) is 36.0 Å². The van der Waals surface area contributed by atoms with Crippen molar-refractivity contribution in [2.75, 3.05) is 26.2 Å². The predicted octanol–water partition coefficient (Wildman–Crippen LogP) is 0.691. The van der Waals surface area contributed by atoms with Crippen molar-refractivity contribution in [2.24, 2.45) is 0 Å². The minimum atomic E-state index is -0.346. The first-order chi connectivity index (χ1) is 9.75. The van der Waals surface area contributed by atoms with Gasteiger partial charge in [-0.1, -0.05) is 17.7 Å². The monoisotopic (exact) mass is 346 g/mol. The van der Waals surface area contributed by atoms with Crippen molar-refractivity contribution in [3.05, 3.63) is 41.7 Å². The van der Waals surface area contributed by atoms with Gasteiger partial charge in [-0.2, -0.15) is 0 Å². The molecule has 2 rings (SSSR count). The highest BCUT2D eigenvalue weighted by atomic mass is 35.5. The zero-order valence-electron chi connectivity index (χ0n) is 12.0. The van der Waals surface area contributed by atoms with E-state index in [4.69, 9.17) is 0 Å². The quantitative estimate of drug-likeness (QED) is 0.685. The van der Waals surface area contributed by atoms with Gasteiger partial charge in [0.1, 0.15) is 5.69 Å². The molecule has 0 radical (unpaired) electrons. The van der Waals surface area contributed by atoms with Gasteiger partial charge in [0, 0.05) is 19.3 Å². The number of carbonyl (C=O) groups excluding carboxylic acids is 2. The van der Waals surface area contributed by atoms with Crippen LogP contribution in [0.25, 0.3) is 0 Å². The third-order valence-electron chi connectivity index (χ3n) is 2.98. The van der Waals surface area contributed by atoms with E-state index in [0.717, 1.165) is 19.5 Å². The largest absolute Gasteiger partial charge is 0.351 e. The molecule has 0 atom stereocenters. The number of carbonyl (C=O) groups is 2. The lowest BCUT2D eigenvalue weighted by molar-refractivity contribution is -0.119. The van der Waals surface area contributed by atoms with Gasteiger partial charge >= 0.3 is 0 Å². The molecule has 0 fully saturated rings. The Bertz CT molecular complexity index is 509. The lowest BCUT2D eigenvalue weighted by Crippen LogP contribution is -2.38. The normalized spacial score (nSPS) is 13.0. The van der Waals surface area contributed by atoms with Crippen molar-refractivity contribution in [1.29, 1.82) is 0 Å². The molecule has 22 heavy (non-hydrogen) atoms. The second kappa shape index (κ2) is 11.0. The van der Waals surface area contributed by atoms with E-state index in [1.165, 1.54) is 5.57 Å². The molecule has 0 saturated heterocycles. The molecule has 2 amide bonds. The maximum atomic E-state index is 11.7. The van der Waals surface area contributed by atoms with Crippen LogP contribution >= 0.6 is 24.8 Å². The number of nitrogens with zero attached hydrogens (tertiary/aromatic N) is 1. The van der Waals surface area contributed by atoms with Gasteiger partial charge in [-0.3, -0.25) is 14.6 Å². The van der Waals surface area contributed by atoms with E-state index >= 15 is 0 Å². The van der Waals surface area contributed by atoms with Crippen LogP contribution in [-0.4, -0.2) is 43.0 Å². The van der Waals surface area contributed by atoms with Gasteiger partial charge in [0.2, 0.25) is 5.91 Å². The molecular formula is C14H20Cl2N4O2. The summed E-state index contributed by atoms with van der Waals surface area (Å²) in [6, 6.07) is 5.06. The number of rotatable bonds is 5. The number of hydrogen-bond donors (Lipinski definition) is 3. The summed E-state index contributed by atoms with van der Waals surface area (Å²) in [5.74, 6) is -0.546. The molecule has 1 aromatic rings. The molecule has 3 N–H and O–H groups in total. The first-order valence-corrected chi connectivity index (χ1v) is 6.60. The first kappa shape index (κ1) is 20.4. The Hall–Kier alpha value is -1.63. The van der Waals surface area contributed by atoms with Crippen molar-refractivity contribution in [2.45, 2.75) is 6.42 Å². The van der Waals surface area contributed by atoms with E-state index in [1.807, 2.05) is 0 Å². The van der Waals surface area contributed by atoms with E-state index in [-0.39, 0.29) is 43.2 Å². The Balaban J connectivity index is 0.00000220. The molecule has 0 aliphatic carbocycles. The number of amides is 2. The van der Waals surface area contributed by atoms with Crippen LogP contribution in [0.1, 0.15) is 16.9 Å². The molecule has 122 valence electrons. The van der Waals surface area contributed by atoms with Crippen LogP contribution in [0.5, 0.6) is 0 Å². The Labute approximate surface area is 142 Å². The van der Waals surface area contributed by atoms with Gasteiger partial charge < -0.3 is 16.0 Å². The SMILES string of the molecule is Cl.Cl.O=C(CNC(=O)c1ccccn1)NCC1=CCNCC1. The molecule has 1 aliphatic rings. The zero-order valence-corrected chi connectivity index (χ0v) is 13.6. The Morgan fingerprint density at radius 3 is 2.68 bits per heavy atom. The topological polar surface area (TPSA) is 83.1 Å². The summed E-state index contributed by atoms with van der Waals surface area (Å²) in [5, 5.41) is 8.54. The molecule has 0 bridgehead atoms. The van der Waals surface area contributed by atoms with Crippen LogP contribution in [0.3, 0.4) is 0 Å². The number of aromatic nitrogens is 1. The van der Waals surface area contributed by atoms with Crippen molar-refractivity contribution in [1.82, 2.24) is 20.9 Å². The minimum absolute atomic E-state index is 0. The molecule has 0 unspecified atom stereocenters. The number of halogens is 2. The molecule has 6 nitrogen and oxygen atoms in total. The summed E-state index contributed by atoms with van der Waals surface area (Å²) in [6.45, 7) is 2.29. The predicted molar refractivity (Wildman–Crippen MR) is 89.6 cm³/mol. The van der Waals surface area contributed by atoms with Crippen molar-refractivity contribution in [3.63, 3.8) is 0 Å². The minimum Gasteiger partial charge on any atom is -0.351 e. The van der Waals surface area contributed by atoms with E-state index in [9.17, 15) is 9.59 Å². The van der Waals surface area contributed by atoms with Crippen molar-refractivity contribution in [3.8, 4) is 0 Å². The van der Waals surface area contributed by atoms with E-state index in [1.54, 1.807) is 24.4 Å². The third-order valence-corrected chi connectivity index (χ3v) is 2.98. The lowest BCUT2D eigenvalue weighted by Gasteiger charge is -2.14. The van der Waals surface area contributed by atoms with Gasteiger partial charge in [-0.05, 0) is 25.1 Å². The van der Waals surface area contributed by atoms with Gasteiger partial charge in [-0.15, -0.1) is 24.8 Å². The summed E-state index contributed by atoms with van der Waals surface area (Å²) < 4.78 is 0. The zero-order chi connectivity index (χ0) is 14.2. The van der Waals surface area contributed by atoms with Gasteiger partial charge in [0.15, 0.2) is 0 Å². The second-order valence-electron chi connectivity index (χ2n) is 4.49. The Morgan fingerprint density at radius 2 is 2.05 bits per heavy atom. The van der Waals surface area contributed by atoms with Crippen LogP contribution in [-0.2, 0) is 4.79 Å². The summed E-state index contributed by atoms with van der Waals surface area (Å²) in [6.07, 6.45) is 4.56. The van der Waals surface area contributed by atoms with E-state index < -0.39 is 0 Å². The summed E-state index contributed by atoms with van der Waals surface area (Å²) >= 11 is 0. The Kier molecular flexibility index (Phi) is 10.2. The van der Waals surface area contributed by atoms with Crippen LogP contribution < -0.4 is 16.0 Å². The molecule has 1 aliphatic heterocycles. The van der Waals surface area contributed by atoms with Gasteiger partial charge in [-0.25, -0.2) is 0 Å². The highest BCUT2D eigenvalue weighted by Gasteiger charge is 2.09. The molecule has 1 aromatic heterocycles. The smallest absolute Gasteiger partial charge is 0.270 e. The Morgan fingerprint density at radius 1 is 1.23 bits per heavy atom. The fourth-order valence-corrected chi connectivity index (χ4v) is 1.85. The van der Waals surface area contributed by atoms with Crippen molar-refractivity contribution >= 4 is 36.6 Å². The first-order valence-electron chi connectivity index (χ1n) is 6.60. The summed E-state index contributed by atoms with van der Waals surface area (Å²) in [7, 11) is 0. The third kappa shape index (κ3) is 6.89. The number of hydrogen-bond acceptors (Lipinski definition) is 4. The van der Waals surface area contributed by atoms with Crippen LogP contribution in [0.2, 0.25) is 0 Å². The highest BCUT2D eigenvalue weighted by molar-refractivity contribution is 5.94. The average Bonchev–Trinajstić information content (AvgIpc) is 2.52. The van der Waals surface area contributed by atoms with Crippen LogP contribution in [0, 0.1) is 0 Å². The van der Waals surface area contributed by atoms with Crippen molar-refractivity contribution < 1.29 is 9.59 Å².